The number of carbonyl (C=O) groups is 9. The number of nitrogens with zero attached hydrogens (tertiary/aromatic N) is 3. The van der Waals surface area contributed by atoms with E-state index in [0.717, 1.165) is 85.5 Å². The van der Waals surface area contributed by atoms with Crippen molar-refractivity contribution in [3.63, 3.8) is 0 Å². The molecule has 5 aromatic carbocycles. The fourth-order valence-electron chi connectivity index (χ4n) is 13.2. The number of amides is 9. The number of alkyl carbamates (subject to hydrolysis) is 1. The molecule has 0 saturated carbocycles. The first-order chi connectivity index (χ1) is 49.9. The second-order valence-electron chi connectivity index (χ2n) is 26.5. The summed E-state index contributed by atoms with van der Waals surface area (Å²) in [7, 11) is 1.35. The van der Waals surface area contributed by atoms with Crippen molar-refractivity contribution in [2.24, 2.45) is 5.92 Å². The Morgan fingerprint density at radius 2 is 1.38 bits per heavy atom. The predicted molar refractivity (Wildman–Crippen MR) is 378 cm³/mol. The van der Waals surface area contributed by atoms with Crippen LogP contribution in [0.25, 0.3) is 32.1 Å². The number of aromatic nitrogens is 1. The summed E-state index contributed by atoms with van der Waals surface area (Å²) in [6, 6.07) is 21.4. The molecule has 4 aliphatic rings. The van der Waals surface area contributed by atoms with Gasteiger partial charge in [-0.25, -0.2) is 9.78 Å². The summed E-state index contributed by atoms with van der Waals surface area (Å²) in [4.78, 5) is 136. The molecule has 3 fully saturated rings. The maximum absolute atomic E-state index is 15.3. The second-order valence-corrected chi connectivity index (χ2v) is 27.5. The molecule has 0 spiro atoms. The number of aliphatic hydroxyl groups excluding tert-OH is 6. The molecule has 1 aliphatic carbocycles. The number of nitrogens with one attached hydrogen (secondary N) is 7. The van der Waals surface area contributed by atoms with Gasteiger partial charge in [-0.1, -0.05) is 93.4 Å². The molecule has 14 N–H and O–H groups in total. The molecule has 0 unspecified atom stereocenters. The molecule has 4 heterocycles. The van der Waals surface area contributed by atoms with E-state index in [0.29, 0.717) is 12.2 Å². The first-order valence-electron chi connectivity index (χ1n) is 34.6. The minimum Gasteiger partial charge on any atom is -0.504 e. The Bertz CT molecular complexity index is 4020. The Morgan fingerprint density at radius 1 is 0.721 bits per heavy atom. The summed E-state index contributed by atoms with van der Waals surface area (Å²) in [5.74, 6) is -9.64. The number of hydrogen-bond donors (Lipinski definition) is 14. The number of thiazole rings is 1. The van der Waals surface area contributed by atoms with Crippen LogP contribution in [0, 0.1) is 5.92 Å². The third-order valence-corrected chi connectivity index (χ3v) is 20.1. The molecule has 0 bridgehead atoms. The Hall–Kier alpha value is -10.1. The van der Waals surface area contributed by atoms with Crippen LogP contribution in [-0.2, 0) is 44.7 Å². The van der Waals surface area contributed by atoms with E-state index in [2.05, 4.69) is 49.1 Å². The van der Waals surface area contributed by atoms with Crippen LogP contribution in [0.5, 0.6) is 17.2 Å². The Morgan fingerprint density at radius 3 is 2.07 bits per heavy atom. The lowest BCUT2D eigenvalue weighted by Gasteiger charge is -2.34. The number of ether oxygens (including phenoxy) is 3. The molecule has 29 nitrogen and oxygen atoms in total. The number of phenolic OH excluding ortho intramolecular Hbond substituents is 1. The summed E-state index contributed by atoms with van der Waals surface area (Å²) in [5, 5.41) is 99.0. The zero-order valence-corrected chi connectivity index (χ0v) is 58.6. The van der Waals surface area contributed by atoms with Crippen molar-refractivity contribution in [2.45, 2.75) is 145 Å². The van der Waals surface area contributed by atoms with Crippen LogP contribution in [-0.4, -0.2) is 230 Å². The van der Waals surface area contributed by atoms with E-state index < -0.39 is 190 Å². The number of hydrogen-bond acceptors (Lipinski definition) is 21. The van der Waals surface area contributed by atoms with Crippen LogP contribution in [0.2, 0.25) is 0 Å². The van der Waals surface area contributed by atoms with Gasteiger partial charge in [-0.2, -0.15) is 0 Å². The SMILES string of the molecule is CCCCCOc1ccc(-c2ncc(-c3ccc(C(=O)N[C@H]4C[C@@H](O)CNC(=O)[C@@H]5[C@@H](O)[C@@H](C)CN5C(=O)[C@H]([C@H](O)CCNC(=O)OCC5c6ccccc6-c6ccccc65)NC(=O)[C@H]([C@H](O)Cc5ccc(O)c(OCC(=O)NC)c5)NC(=O)[C@@H]5C[C@@H](O)CN5C(=O)[C@H]([C@@H](C)O)NC4=O)cc3)s2)cc1. The summed E-state index contributed by atoms with van der Waals surface area (Å²) >= 11 is 1.40. The average Bonchev–Trinajstić information content (AvgIpc) is 1.61. The number of fused-ring (bicyclic) bond motifs is 5. The largest absolute Gasteiger partial charge is 0.504 e. The maximum atomic E-state index is 15.3. The van der Waals surface area contributed by atoms with Crippen LogP contribution in [0.4, 0.5) is 4.79 Å². The lowest BCUT2D eigenvalue weighted by molar-refractivity contribution is -0.147. The Balaban J connectivity index is 0.925. The maximum Gasteiger partial charge on any atom is 0.407 e. The number of likely N-dealkylation sites (N-methyl/N-ethyl adjacent to an activating group) is 1. The van der Waals surface area contributed by atoms with Crippen LogP contribution in [0.3, 0.4) is 0 Å². The van der Waals surface area contributed by atoms with Gasteiger partial charge in [-0.15, -0.1) is 11.3 Å². The fraction of sp³-hybridized carbons (Fsp3) is 0.432. The van der Waals surface area contributed by atoms with Crippen molar-refractivity contribution in [3.8, 4) is 49.4 Å². The number of β-amino-alcohol motifs (C(OH)–C–C–N with tert-alkyl or cyclic N) is 1. The molecule has 3 aliphatic heterocycles. The highest BCUT2D eigenvalue weighted by molar-refractivity contribution is 7.18. The van der Waals surface area contributed by atoms with Gasteiger partial charge >= 0.3 is 6.09 Å². The van der Waals surface area contributed by atoms with Gasteiger partial charge in [0, 0.05) is 81.6 Å². The topological polar surface area (TPSA) is 427 Å². The quantitative estimate of drug-likeness (QED) is 0.0431. The zero-order chi connectivity index (χ0) is 74.5. The zero-order valence-electron chi connectivity index (χ0n) is 57.8. The van der Waals surface area contributed by atoms with Crippen molar-refractivity contribution in [2.75, 3.05) is 53.0 Å². The van der Waals surface area contributed by atoms with Gasteiger partial charge in [-0.3, -0.25) is 38.4 Å². The first kappa shape index (κ1) is 76.6. The van der Waals surface area contributed by atoms with Gasteiger partial charge < -0.3 is 97.0 Å². The second kappa shape index (κ2) is 34.9. The van der Waals surface area contributed by atoms with Gasteiger partial charge in [0.05, 0.1) is 48.1 Å². The molecule has 6 aromatic rings. The molecule has 0 radical (unpaired) electrons. The number of phenols is 1. The molecule has 9 amide bonds. The van der Waals surface area contributed by atoms with Crippen LogP contribution in [0.1, 0.15) is 92.3 Å². The first-order valence-corrected chi connectivity index (χ1v) is 35.5. The van der Waals surface area contributed by atoms with Crippen molar-refractivity contribution >= 4 is 64.7 Å². The Labute approximate surface area is 603 Å². The fourth-order valence-corrected chi connectivity index (χ4v) is 14.2. The van der Waals surface area contributed by atoms with Gasteiger partial charge in [0.15, 0.2) is 18.1 Å². The highest BCUT2D eigenvalue weighted by Crippen LogP contribution is 2.45. The van der Waals surface area contributed by atoms with Gasteiger partial charge in [-0.05, 0) is 102 Å². The minimum atomic E-state index is -2.18. The third-order valence-electron chi connectivity index (χ3n) is 19.0. The molecule has 13 atom stereocenters. The number of aliphatic hydroxyl groups is 6. The molecule has 3 saturated heterocycles. The highest BCUT2D eigenvalue weighted by atomic mass is 32.1. The minimum absolute atomic E-state index is 0.0366. The molecular formula is C74H88N10O19S. The molecular weight excluding hydrogens is 1360 g/mol. The number of unbranched alkanes of at least 4 members (excludes halogenated alkanes) is 2. The molecule has 30 heteroatoms. The molecule has 1 aromatic heterocycles. The molecule has 104 heavy (non-hydrogen) atoms. The third kappa shape index (κ3) is 18.5. The van der Waals surface area contributed by atoms with Gasteiger partial charge in [0.25, 0.3) is 11.8 Å². The van der Waals surface area contributed by atoms with Crippen molar-refractivity contribution < 1.29 is 93.1 Å². The van der Waals surface area contributed by atoms with E-state index in [1.807, 2.05) is 72.8 Å². The number of benzene rings is 5. The van der Waals surface area contributed by atoms with Crippen LogP contribution in [0.15, 0.2) is 121 Å². The highest BCUT2D eigenvalue weighted by Gasteiger charge is 2.50. The number of rotatable bonds is 22. The normalized spacial score (nSPS) is 23.4. The average molecular weight is 1450 g/mol. The van der Waals surface area contributed by atoms with Crippen LogP contribution >= 0.6 is 11.3 Å². The van der Waals surface area contributed by atoms with E-state index in [4.69, 9.17) is 14.2 Å². The Kier molecular flexibility index (Phi) is 25.7. The summed E-state index contributed by atoms with van der Waals surface area (Å²) in [5.41, 5.74) is 5.56. The van der Waals surface area contributed by atoms with Crippen molar-refractivity contribution in [1.29, 1.82) is 0 Å². The number of aromatic hydroxyl groups is 1. The number of carbonyl (C=O) groups excluding carboxylic acids is 9. The van der Waals surface area contributed by atoms with E-state index in [-0.39, 0.29) is 35.9 Å². The lowest BCUT2D eigenvalue weighted by atomic mass is 9.98. The smallest absolute Gasteiger partial charge is 0.407 e. The van der Waals surface area contributed by atoms with E-state index >= 15 is 9.59 Å². The van der Waals surface area contributed by atoms with Gasteiger partial charge in [0.1, 0.15) is 53.6 Å². The van der Waals surface area contributed by atoms with E-state index in [1.54, 1.807) is 18.3 Å². The molecule has 554 valence electrons. The van der Waals surface area contributed by atoms with Crippen LogP contribution < -0.4 is 46.7 Å². The van der Waals surface area contributed by atoms with Crippen molar-refractivity contribution in [3.05, 3.63) is 144 Å². The summed E-state index contributed by atoms with van der Waals surface area (Å²) < 4.78 is 17.0. The monoisotopic (exact) mass is 1450 g/mol. The van der Waals surface area contributed by atoms with E-state index in [9.17, 15) is 69.3 Å². The summed E-state index contributed by atoms with van der Waals surface area (Å²) in [6.07, 6.45) is -9.01. The lowest BCUT2D eigenvalue weighted by Crippen LogP contribution is -2.64. The van der Waals surface area contributed by atoms with E-state index in [1.165, 1.54) is 49.6 Å². The van der Waals surface area contributed by atoms with Crippen molar-refractivity contribution in [1.82, 2.24) is 52.0 Å². The summed E-state index contributed by atoms with van der Waals surface area (Å²) in [6.45, 7) is 2.67. The van der Waals surface area contributed by atoms with Gasteiger partial charge in [0.2, 0.25) is 35.4 Å². The molecule has 10 rings (SSSR count). The standard InChI is InChI=1S/C74H88N10O19S/c1-5-6-11-28-101-47-23-21-44(22-24-47)71-78-34-59(104-71)42-17-19-43(20-18-42)66(93)79-53-31-45(86)33-77-70(97)64-65(92)39(2)35-84(64)73(99)63(56(89)26-27-76-74(100)103-37-52-50-14-9-7-12-48(50)49-13-8-10-15-51(49)52)82-69(96)62(57(90)29-41-16-25-55(88)58(30-41)102-38-60(91)75-4)81-68(95)54-32-46(87)36-83(54)72(98)61(40(3)85)80-67(53)94/h7-10,12-25,30,34,39-40,45-46,52-54,56-57,61-65,85-90,92H,5-6,11,26-29,31-33,35-38H2,1-4H3,(H,75,91)(H,76,100)(H,77,97)(H,79,93)(H,80,94)(H,81,95)(H,82,96)/t39-,40+,45+,46+,53-,54-,56+,57+,61-,62-,63-,64-,65-/m0/s1. The predicted octanol–water partition coefficient (Wildman–Crippen LogP) is 1.75.